The van der Waals surface area contributed by atoms with Crippen molar-refractivity contribution in [3.63, 3.8) is 0 Å². The van der Waals surface area contributed by atoms with Crippen LogP contribution in [0.1, 0.15) is 53.9 Å². The Balaban J connectivity index is 0.000000141. The first kappa shape index (κ1) is 73.3. The van der Waals surface area contributed by atoms with Crippen molar-refractivity contribution in [1.29, 1.82) is 0 Å². The molecule has 2 saturated heterocycles. The maximum absolute atomic E-state index is 12.6. The number of piperazine rings is 2. The molecule has 0 spiro atoms. The fraction of sp³-hybridized carbons (Fsp3) is 0.167. The average molecular weight is 1450 g/mol. The molecule has 2 aliphatic rings. The maximum atomic E-state index is 12.6. The Morgan fingerprint density at radius 2 is 0.781 bits per heavy atom. The summed E-state index contributed by atoms with van der Waals surface area (Å²) in [5.74, 6) is 1.41. The second-order valence-electron chi connectivity index (χ2n) is 23.1. The number of anilines is 6. The molecule has 528 valence electrons. The number of carbonyl (C=O) groups excluding carboxylic acids is 5. The normalized spacial score (nSPS) is 12.8. The van der Waals surface area contributed by atoms with Crippen LogP contribution in [0.5, 0.6) is 0 Å². The Hall–Kier alpha value is -12.9. The Labute approximate surface area is 611 Å². The van der Waals surface area contributed by atoms with Gasteiger partial charge in [-0.15, -0.1) is 0 Å². The third kappa shape index (κ3) is 21.8. The van der Waals surface area contributed by atoms with Crippen molar-refractivity contribution in [2.75, 3.05) is 97.9 Å². The molecule has 0 saturated carbocycles. The van der Waals surface area contributed by atoms with Gasteiger partial charge >= 0.3 is 0 Å². The Morgan fingerprint density at radius 1 is 0.390 bits per heavy atom. The van der Waals surface area contributed by atoms with Crippen LogP contribution in [-0.2, 0) is 11.3 Å². The molecule has 0 atom stereocenters. The van der Waals surface area contributed by atoms with Crippen molar-refractivity contribution in [2.24, 2.45) is 0 Å². The zero-order chi connectivity index (χ0) is 73.3. The molecule has 5 N–H and O–H groups in total. The molecular formula is C72H66Cl2N26O5. The van der Waals surface area contributed by atoms with Gasteiger partial charge in [0.1, 0.15) is 53.9 Å². The van der Waals surface area contributed by atoms with Gasteiger partial charge in [0.2, 0.25) is 29.7 Å². The molecular weight excluding hydrogens is 1380 g/mol. The summed E-state index contributed by atoms with van der Waals surface area (Å²) >= 11 is 11.9. The average Bonchev–Trinajstić information content (AvgIpc) is 0.850. The van der Waals surface area contributed by atoms with Crippen molar-refractivity contribution in [3.8, 4) is 46.1 Å². The molecule has 31 nitrogen and oxygen atoms in total. The minimum absolute atomic E-state index is 0.0765. The van der Waals surface area contributed by atoms with Gasteiger partial charge in [0.05, 0.1) is 16.1 Å². The zero-order valence-corrected chi connectivity index (χ0v) is 58.2. The van der Waals surface area contributed by atoms with E-state index in [4.69, 9.17) is 23.2 Å². The number of amides is 5. The molecule has 0 aliphatic carbocycles. The number of hydrogen-bond acceptors (Lipinski definition) is 26. The highest BCUT2D eigenvalue weighted by molar-refractivity contribution is 6.34. The van der Waals surface area contributed by atoms with E-state index in [1.54, 1.807) is 110 Å². The van der Waals surface area contributed by atoms with E-state index in [1.807, 2.05) is 60.7 Å². The van der Waals surface area contributed by atoms with Crippen LogP contribution >= 0.6 is 23.2 Å². The quantitative estimate of drug-likeness (QED) is 0.0602. The molecule has 5 amide bonds. The van der Waals surface area contributed by atoms with Crippen molar-refractivity contribution >= 4 is 88.0 Å². The third-order valence-corrected chi connectivity index (χ3v) is 16.0. The van der Waals surface area contributed by atoms with Crippen molar-refractivity contribution in [2.45, 2.75) is 13.5 Å². The van der Waals surface area contributed by atoms with E-state index >= 15 is 0 Å². The summed E-state index contributed by atoms with van der Waals surface area (Å²) in [7, 11) is 4.26. The standard InChI is InChI=1S/C21H23N7O.C19H20N8O.C17H13ClN6O2.C15H10ClN5O/c1-27-10-12-28(13-11-27)14-16-5-7-17(8-6-16)20(29)26-21-24-15-23-19(25-21)18-4-2-3-9-22-18;1-26-8-10-27(11-9-26)16-6-5-14(12-21-16)18(28)25-19-23-13-22-17(24-19)15-4-2-3-7-20-15;1-10(25)22-11-5-6-12(13(18)8-11)16(26)24-17-21-9-20-15(23-17)14-4-2-3-7-19-14;16-11-6-4-10(5-7-11)14(22)21-15-19-9-18-13(20-15)12-3-1-2-8-17-12/h2-9,15H,10-14H2,1H3,(H,23,24,25,26,29);2-7,12-13H,8-11H2,1H3,(H,22,23,24,25,28);2-9H,1H3,(H,22,25)(H,20,21,23,24,26);1-9H,(H,18,19,20,21,22). The number of benzene rings is 3. The van der Waals surface area contributed by atoms with Crippen LogP contribution < -0.4 is 31.5 Å². The van der Waals surface area contributed by atoms with E-state index < -0.39 is 5.91 Å². The molecule has 2 fully saturated rings. The fourth-order valence-electron chi connectivity index (χ4n) is 9.94. The molecule has 3 aromatic carbocycles. The van der Waals surface area contributed by atoms with E-state index in [-0.39, 0.29) is 58.0 Å². The van der Waals surface area contributed by atoms with Gasteiger partial charge in [0, 0.05) is 119 Å². The highest BCUT2D eigenvalue weighted by Gasteiger charge is 2.20. The van der Waals surface area contributed by atoms with Crippen LogP contribution in [0.25, 0.3) is 46.1 Å². The highest BCUT2D eigenvalue weighted by atomic mass is 35.5. The minimum atomic E-state index is -0.484. The predicted octanol–water partition coefficient (Wildman–Crippen LogP) is 8.90. The zero-order valence-electron chi connectivity index (χ0n) is 56.7. The summed E-state index contributed by atoms with van der Waals surface area (Å²) in [6.07, 6.45) is 13.5. The lowest BCUT2D eigenvalue weighted by atomic mass is 10.1. The second kappa shape index (κ2) is 36.6. The number of halogens is 2. The lowest BCUT2D eigenvalue weighted by Crippen LogP contribution is -2.44. The van der Waals surface area contributed by atoms with Crippen molar-refractivity contribution in [1.82, 2.24) is 99.4 Å². The van der Waals surface area contributed by atoms with Crippen LogP contribution in [0.2, 0.25) is 10.0 Å². The number of aromatic nitrogens is 17. The second-order valence-corrected chi connectivity index (χ2v) is 23.9. The Kier molecular flexibility index (Phi) is 25.5. The monoisotopic (exact) mass is 1440 g/mol. The molecule has 0 unspecified atom stereocenters. The molecule has 14 rings (SSSR count). The summed E-state index contributed by atoms with van der Waals surface area (Å²) in [6.45, 7) is 10.5. The molecule has 33 heteroatoms. The van der Waals surface area contributed by atoms with Gasteiger partial charge in [-0.2, -0.15) is 19.9 Å². The third-order valence-electron chi connectivity index (χ3n) is 15.5. The molecule has 12 aromatic rings. The molecule has 0 radical (unpaired) electrons. The van der Waals surface area contributed by atoms with Gasteiger partial charge in [0.15, 0.2) is 23.3 Å². The summed E-state index contributed by atoms with van der Waals surface area (Å²) in [5.41, 5.74) is 5.78. The van der Waals surface area contributed by atoms with Gasteiger partial charge in [-0.25, -0.2) is 44.9 Å². The Bertz CT molecular complexity index is 4880. The van der Waals surface area contributed by atoms with Crippen LogP contribution in [0.4, 0.5) is 35.3 Å². The molecule has 105 heavy (non-hydrogen) atoms. The molecule has 11 heterocycles. The van der Waals surface area contributed by atoms with Gasteiger partial charge in [-0.05, 0) is 135 Å². The van der Waals surface area contributed by atoms with Crippen LogP contribution in [0, 0.1) is 0 Å². The number of nitrogens with zero attached hydrogens (tertiary/aromatic N) is 21. The molecule has 0 bridgehead atoms. The lowest BCUT2D eigenvalue weighted by Gasteiger charge is -2.33. The first-order valence-electron chi connectivity index (χ1n) is 32.5. The van der Waals surface area contributed by atoms with E-state index in [2.05, 4.69) is 145 Å². The highest BCUT2D eigenvalue weighted by Crippen LogP contribution is 2.24. The molecule has 9 aromatic heterocycles. The van der Waals surface area contributed by atoms with Gasteiger partial charge in [0.25, 0.3) is 23.6 Å². The van der Waals surface area contributed by atoms with Gasteiger partial charge in [-0.3, -0.25) is 70.1 Å². The van der Waals surface area contributed by atoms with E-state index in [0.717, 1.165) is 64.7 Å². The van der Waals surface area contributed by atoms with E-state index in [0.29, 0.717) is 73.5 Å². The summed E-state index contributed by atoms with van der Waals surface area (Å²) in [6, 6.07) is 44.1. The van der Waals surface area contributed by atoms with Crippen molar-refractivity contribution in [3.05, 3.63) is 246 Å². The van der Waals surface area contributed by atoms with Crippen LogP contribution in [0.15, 0.2) is 208 Å². The smallest absolute Gasteiger partial charge is 0.259 e. The predicted molar refractivity (Wildman–Crippen MR) is 394 cm³/mol. The Morgan fingerprint density at radius 3 is 1.16 bits per heavy atom. The number of nitrogens with one attached hydrogen (secondary N) is 5. The summed E-state index contributed by atoms with van der Waals surface area (Å²) in [4.78, 5) is 140. The SMILES string of the molecule is CC(=O)Nc1ccc(C(=O)Nc2ncnc(-c3ccccn3)n2)c(Cl)c1.CN1CCN(Cc2ccc(C(=O)Nc3ncnc(-c4ccccn4)n3)cc2)CC1.CN1CCN(c2ccc(C(=O)Nc3ncnc(-c4ccccn4)n3)cn2)CC1.O=C(Nc1ncnc(-c2ccccn2)n1)c1ccc(Cl)cc1. The largest absolute Gasteiger partial charge is 0.354 e. The van der Waals surface area contributed by atoms with Crippen molar-refractivity contribution < 1.29 is 24.0 Å². The number of likely N-dealkylation sites (N-methyl/N-ethyl adjacent to an activating group) is 2. The van der Waals surface area contributed by atoms with Gasteiger partial charge < -0.3 is 20.0 Å². The maximum Gasteiger partial charge on any atom is 0.259 e. The van der Waals surface area contributed by atoms with E-state index in [1.165, 1.54) is 49.9 Å². The van der Waals surface area contributed by atoms with Crippen LogP contribution in [-0.4, -0.2) is 195 Å². The fourth-order valence-corrected chi connectivity index (χ4v) is 10.3. The first-order valence-corrected chi connectivity index (χ1v) is 33.3. The number of pyridine rings is 5. The topological polar surface area (TPSA) is 378 Å². The molecule has 2 aliphatic heterocycles. The number of hydrogen-bond donors (Lipinski definition) is 5. The van der Waals surface area contributed by atoms with Crippen LogP contribution in [0.3, 0.4) is 0 Å². The number of rotatable bonds is 16. The van der Waals surface area contributed by atoms with E-state index in [9.17, 15) is 24.0 Å². The minimum Gasteiger partial charge on any atom is -0.354 e. The first-order chi connectivity index (χ1) is 51.1. The van der Waals surface area contributed by atoms with Gasteiger partial charge in [-0.1, -0.05) is 59.6 Å². The number of carbonyl (C=O) groups is 5. The summed E-state index contributed by atoms with van der Waals surface area (Å²) in [5, 5.41) is 13.9. The lowest BCUT2D eigenvalue weighted by molar-refractivity contribution is -0.114. The summed E-state index contributed by atoms with van der Waals surface area (Å²) < 4.78 is 0.